The number of fused-ring (bicyclic) bond motifs is 8. The molecular formula is C59H54O5S3. The van der Waals surface area contributed by atoms with Gasteiger partial charge in [-0.1, -0.05) is 144 Å². The minimum Gasteiger partial charge on any atom is -0.748 e. The zero-order valence-corrected chi connectivity index (χ0v) is 41.2. The summed E-state index contributed by atoms with van der Waals surface area (Å²) in [6, 6.07) is 58.8. The van der Waals surface area contributed by atoms with Gasteiger partial charge in [-0.05, 0) is 141 Å². The third kappa shape index (κ3) is 7.74. The van der Waals surface area contributed by atoms with E-state index in [0.29, 0.717) is 12.8 Å². The van der Waals surface area contributed by atoms with Crippen LogP contribution in [-0.2, 0) is 36.6 Å². The number of hydrogen-bond donors (Lipinski definition) is 0. The number of carbonyl (C=O) groups excluding carboxylic acids is 2. The first-order valence-electron chi connectivity index (χ1n) is 23.1. The van der Waals surface area contributed by atoms with Crippen molar-refractivity contribution in [2.45, 2.75) is 96.1 Å². The van der Waals surface area contributed by atoms with Crippen LogP contribution in [0.5, 0.6) is 0 Å². The summed E-state index contributed by atoms with van der Waals surface area (Å²) in [5, 5.41) is 0. The fourth-order valence-electron chi connectivity index (χ4n) is 11.6. The molecule has 0 saturated heterocycles. The molecule has 2 fully saturated rings. The normalized spacial score (nSPS) is 20.2. The van der Waals surface area contributed by atoms with Crippen LogP contribution in [0.4, 0.5) is 0 Å². The van der Waals surface area contributed by atoms with Gasteiger partial charge in [0.1, 0.15) is 5.78 Å². The van der Waals surface area contributed by atoms with Gasteiger partial charge in [-0.15, -0.1) is 0 Å². The lowest BCUT2D eigenvalue weighted by Gasteiger charge is -2.37. The molecule has 2 bridgehead atoms. The molecule has 67 heavy (non-hydrogen) atoms. The van der Waals surface area contributed by atoms with Gasteiger partial charge in [0.05, 0.1) is 26.8 Å². The molecule has 11 rings (SSSR count). The van der Waals surface area contributed by atoms with Crippen LogP contribution in [-0.4, -0.2) is 30.3 Å². The summed E-state index contributed by atoms with van der Waals surface area (Å²) in [6.45, 7) is 13.1. The Morgan fingerprint density at radius 1 is 0.582 bits per heavy atom. The number of ketones is 2. The Morgan fingerprint density at radius 2 is 1.10 bits per heavy atom. The highest BCUT2D eigenvalue weighted by Gasteiger charge is 2.64. The maximum atomic E-state index is 13.3. The Balaban J connectivity index is 0.000000298. The summed E-state index contributed by atoms with van der Waals surface area (Å²) in [5.41, 5.74) is 10.5. The molecule has 7 aromatic rings. The largest absolute Gasteiger partial charge is 0.748 e. The molecule has 3 atom stereocenters. The molecule has 338 valence electrons. The monoisotopic (exact) mass is 938 g/mol. The number of hydrogen-bond acceptors (Lipinski definition) is 6. The van der Waals surface area contributed by atoms with Crippen molar-refractivity contribution in [3.8, 4) is 22.3 Å². The summed E-state index contributed by atoms with van der Waals surface area (Å²) < 4.78 is 32.7. The second-order valence-electron chi connectivity index (χ2n) is 20.2. The standard InChI is InChI=1S/C49H39OS2.C10H16O4S/c1-48(2)43-18-12-11-17-39(43)42-28-25-38(31-46(42)48)52(36-15-9-6-10-16-36)37-23-20-34(21-24-37)51-35-22-27-41-40-26-19-33(47(50)32-13-7-5-8-14-32)29-44(40)49(3,4)45(41)30-35;1-9(2)7-3-4-10(9,8(11)5-7)6-15(12,13)14/h5-31H,1-4H3;7H,3-6H2,1-2H3,(H,12,13,14)/q+1;/p-1. The minimum atomic E-state index is -4.33. The van der Waals surface area contributed by atoms with Crippen molar-refractivity contribution in [3.05, 3.63) is 197 Å². The average molecular weight is 939 g/mol. The van der Waals surface area contributed by atoms with E-state index in [0.717, 1.165) is 17.5 Å². The van der Waals surface area contributed by atoms with Crippen LogP contribution in [0.25, 0.3) is 22.3 Å². The van der Waals surface area contributed by atoms with Gasteiger partial charge < -0.3 is 4.55 Å². The van der Waals surface area contributed by atoms with E-state index in [1.54, 1.807) is 0 Å². The van der Waals surface area contributed by atoms with Crippen LogP contribution in [0.3, 0.4) is 0 Å². The molecule has 4 aliphatic rings. The number of benzene rings is 7. The Kier molecular flexibility index (Phi) is 11.2. The van der Waals surface area contributed by atoms with E-state index in [1.165, 1.54) is 69.0 Å². The van der Waals surface area contributed by atoms with Crippen LogP contribution in [0.15, 0.2) is 188 Å². The first-order valence-corrected chi connectivity index (χ1v) is 26.7. The van der Waals surface area contributed by atoms with Gasteiger partial charge in [-0.25, -0.2) is 8.42 Å². The van der Waals surface area contributed by atoms with Crippen molar-refractivity contribution < 1.29 is 22.6 Å². The van der Waals surface area contributed by atoms with Crippen LogP contribution < -0.4 is 0 Å². The molecule has 5 nitrogen and oxygen atoms in total. The van der Waals surface area contributed by atoms with E-state index in [2.05, 4.69) is 155 Å². The third-order valence-electron chi connectivity index (χ3n) is 15.6. The van der Waals surface area contributed by atoms with Gasteiger partial charge in [0.15, 0.2) is 20.5 Å². The Labute approximate surface area is 402 Å². The first kappa shape index (κ1) is 45.3. The smallest absolute Gasteiger partial charge is 0.193 e. The van der Waals surface area contributed by atoms with E-state index >= 15 is 0 Å². The Bertz CT molecular complexity index is 3210. The van der Waals surface area contributed by atoms with E-state index in [9.17, 15) is 22.6 Å². The lowest BCUT2D eigenvalue weighted by molar-refractivity contribution is -0.128. The summed E-state index contributed by atoms with van der Waals surface area (Å²) >= 11 is 1.81. The molecule has 0 spiro atoms. The molecule has 4 aliphatic carbocycles. The molecule has 0 radical (unpaired) electrons. The van der Waals surface area contributed by atoms with Gasteiger partial charge in [-0.2, -0.15) is 0 Å². The Hall–Kier alpha value is -5.51. The van der Waals surface area contributed by atoms with Gasteiger partial charge in [0, 0.05) is 43.6 Å². The molecule has 0 aliphatic heterocycles. The molecule has 0 N–H and O–H groups in total. The second kappa shape index (κ2) is 16.6. The van der Waals surface area contributed by atoms with E-state index in [-0.39, 0.29) is 44.6 Å². The van der Waals surface area contributed by atoms with E-state index in [1.807, 2.05) is 62.0 Å². The van der Waals surface area contributed by atoms with E-state index < -0.39 is 21.3 Å². The fraction of sp³-hybridized carbons (Fsp3) is 0.254. The summed E-state index contributed by atoms with van der Waals surface area (Å²) in [4.78, 5) is 31.6. The highest BCUT2D eigenvalue weighted by atomic mass is 32.2. The maximum Gasteiger partial charge on any atom is 0.193 e. The van der Waals surface area contributed by atoms with Crippen LogP contribution in [0, 0.1) is 16.7 Å². The maximum absolute atomic E-state index is 13.3. The molecule has 0 heterocycles. The van der Waals surface area contributed by atoms with Crippen molar-refractivity contribution in [2.24, 2.45) is 16.7 Å². The van der Waals surface area contributed by atoms with Gasteiger partial charge in [0.2, 0.25) is 0 Å². The highest BCUT2D eigenvalue weighted by Crippen LogP contribution is 2.64. The predicted octanol–water partition coefficient (Wildman–Crippen LogP) is 13.7. The van der Waals surface area contributed by atoms with Crippen molar-refractivity contribution in [3.63, 3.8) is 0 Å². The molecule has 8 heteroatoms. The molecule has 7 aromatic carbocycles. The zero-order chi connectivity index (χ0) is 47.1. The second-order valence-corrected chi connectivity index (χ2v) is 24.8. The quantitative estimate of drug-likeness (QED) is 0.0813. The lowest BCUT2D eigenvalue weighted by atomic mass is 9.70. The van der Waals surface area contributed by atoms with Crippen molar-refractivity contribution in [2.75, 3.05) is 5.75 Å². The number of carbonyl (C=O) groups is 2. The summed E-state index contributed by atoms with van der Waals surface area (Å²) in [6.07, 6.45) is 1.88. The van der Waals surface area contributed by atoms with E-state index in [4.69, 9.17) is 0 Å². The summed E-state index contributed by atoms with van der Waals surface area (Å²) in [7, 11) is -4.57. The van der Waals surface area contributed by atoms with Crippen LogP contribution in [0.1, 0.15) is 99.0 Å². The van der Waals surface area contributed by atoms with Crippen LogP contribution in [0.2, 0.25) is 0 Å². The Morgan fingerprint density at radius 3 is 1.75 bits per heavy atom. The van der Waals surface area contributed by atoms with Gasteiger partial charge in [-0.3, -0.25) is 9.59 Å². The minimum absolute atomic E-state index is 0.0248. The molecule has 2 saturated carbocycles. The van der Waals surface area contributed by atoms with Crippen LogP contribution >= 0.6 is 11.8 Å². The lowest BCUT2D eigenvalue weighted by Crippen LogP contribution is -2.42. The SMILES string of the molecule is CC1(C)C2CCC1(CS(=O)(=O)[O-])C(=O)C2.CC1(C)c2cc(Sc3ccc([S+](c4ccccc4)c4ccc5c(c4)C(C)(C)c4ccccc4-5)cc3)ccc2-c2ccc(C(=O)c3ccccc3)cc21. The molecule has 0 amide bonds. The van der Waals surface area contributed by atoms with Gasteiger partial charge >= 0.3 is 0 Å². The first-order chi connectivity index (χ1) is 31.9. The predicted molar refractivity (Wildman–Crippen MR) is 270 cm³/mol. The van der Waals surface area contributed by atoms with Crippen molar-refractivity contribution in [1.29, 1.82) is 0 Å². The fourth-order valence-corrected chi connectivity index (χ4v) is 15.9. The topological polar surface area (TPSA) is 91.3 Å². The summed E-state index contributed by atoms with van der Waals surface area (Å²) in [5.74, 6) is -0.215. The zero-order valence-electron chi connectivity index (χ0n) is 38.8. The number of rotatable bonds is 9. The average Bonchev–Trinajstić information content (AvgIpc) is 3.86. The third-order valence-corrected chi connectivity index (χ3v) is 19.6. The number of Topliss-reactive ketones (excluding diaryl/α,β-unsaturated/α-hetero) is 1. The van der Waals surface area contributed by atoms with Crippen molar-refractivity contribution in [1.82, 2.24) is 0 Å². The van der Waals surface area contributed by atoms with Crippen molar-refractivity contribution >= 4 is 44.3 Å². The molecular weight excluding hydrogens is 885 g/mol. The molecule has 3 unspecified atom stereocenters. The highest BCUT2D eigenvalue weighted by molar-refractivity contribution is 7.99. The molecule has 0 aromatic heterocycles. The van der Waals surface area contributed by atoms with Gasteiger partial charge in [0.25, 0.3) is 0 Å².